The number of halogens is 1. The van der Waals surface area contributed by atoms with Gasteiger partial charge in [0.1, 0.15) is 5.75 Å². The summed E-state index contributed by atoms with van der Waals surface area (Å²) in [5, 5.41) is 9.65. The first-order valence-corrected chi connectivity index (χ1v) is 6.11. The number of fused-ring (bicyclic) bond motifs is 1. The van der Waals surface area contributed by atoms with Gasteiger partial charge in [0.05, 0.1) is 13.7 Å². The lowest BCUT2D eigenvalue weighted by Crippen LogP contribution is -2.24. The second kappa shape index (κ2) is 5.06. The van der Waals surface area contributed by atoms with E-state index in [2.05, 4.69) is 20.7 Å². The lowest BCUT2D eigenvalue weighted by atomic mass is 10.0. The molecule has 1 aromatic carbocycles. The number of esters is 1. The summed E-state index contributed by atoms with van der Waals surface area (Å²) < 4.78 is 10.9. The molecule has 0 fully saturated rings. The zero-order chi connectivity index (χ0) is 12.4. The molecule has 0 bridgehead atoms. The fourth-order valence-corrected chi connectivity index (χ4v) is 2.48. The highest BCUT2D eigenvalue weighted by atomic mass is 79.9. The monoisotopic (exact) mass is 300 g/mol. The molecule has 0 aliphatic carbocycles. The summed E-state index contributed by atoms with van der Waals surface area (Å²) in [6, 6.07) is 3.85. The van der Waals surface area contributed by atoms with Crippen molar-refractivity contribution in [3.05, 3.63) is 27.7 Å². The van der Waals surface area contributed by atoms with E-state index >= 15 is 0 Å². The Kier molecular flexibility index (Phi) is 3.69. The number of hydrogen-bond acceptors (Lipinski definition) is 4. The Morgan fingerprint density at radius 3 is 3.12 bits per heavy atom. The van der Waals surface area contributed by atoms with Gasteiger partial charge in [-0.15, -0.1) is 0 Å². The van der Waals surface area contributed by atoms with Crippen LogP contribution in [0.15, 0.2) is 16.6 Å². The summed E-state index contributed by atoms with van der Waals surface area (Å²) in [6.07, 6.45) is -0.0903. The summed E-state index contributed by atoms with van der Waals surface area (Å²) in [7, 11) is 1.26. The van der Waals surface area contributed by atoms with Gasteiger partial charge in [-0.3, -0.25) is 0 Å². The highest BCUT2D eigenvalue weighted by Crippen LogP contribution is 2.33. The van der Waals surface area contributed by atoms with E-state index in [1.165, 1.54) is 7.11 Å². The van der Waals surface area contributed by atoms with Crippen molar-refractivity contribution < 1.29 is 19.4 Å². The number of carbonyl (C=O) groups is 1. The number of rotatable bonds is 3. The van der Waals surface area contributed by atoms with Crippen LogP contribution in [-0.4, -0.2) is 30.9 Å². The lowest BCUT2D eigenvalue weighted by molar-refractivity contribution is -0.150. The van der Waals surface area contributed by atoms with Crippen LogP contribution in [0, 0.1) is 0 Å². The Morgan fingerprint density at radius 1 is 1.65 bits per heavy atom. The van der Waals surface area contributed by atoms with Gasteiger partial charge in [0.15, 0.2) is 6.10 Å². The van der Waals surface area contributed by atoms with Gasteiger partial charge in [-0.25, -0.2) is 4.79 Å². The van der Waals surface area contributed by atoms with Crippen LogP contribution < -0.4 is 4.74 Å². The Bertz CT molecular complexity index is 444. The van der Waals surface area contributed by atoms with Gasteiger partial charge in [0, 0.05) is 17.3 Å². The predicted octanol–water partition coefficient (Wildman–Crippen LogP) is 1.46. The van der Waals surface area contributed by atoms with Crippen molar-refractivity contribution in [1.82, 2.24) is 0 Å². The number of carbonyl (C=O) groups excluding carboxylic acids is 1. The van der Waals surface area contributed by atoms with Crippen molar-refractivity contribution in [2.24, 2.45) is 0 Å². The second-order valence-corrected chi connectivity index (χ2v) is 4.81. The van der Waals surface area contributed by atoms with Gasteiger partial charge >= 0.3 is 5.97 Å². The number of methoxy groups -OCH3 is 1. The number of ether oxygens (including phenoxy) is 2. The van der Waals surface area contributed by atoms with Crippen LogP contribution in [0.2, 0.25) is 0 Å². The van der Waals surface area contributed by atoms with Crippen LogP contribution in [0.3, 0.4) is 0 Å². The van der Waals surface area contributed by atoms with E-state index < -0.39 is 12.1 Å². The topological polar surface area (TPSA) is 55.8 Å². The van der Waals surface area contributed by atoms with Crippen LogP contribution >= 0.6 is 15.9 Å². The number of aliphatic hydroxyl groups is 1. The lowest BCUT2D eigenvalue weighted by Gasteiger charge is -2.12. The molecule has 1 unspecified atom stereocenters. The number of benzene rings is 1. The van der Waals surface area contributed by atoms with Gasteiger partial charge < -0.3 is 14.6 Å². The van der Waals surface area contributed by atoms with Crippen LogP contribution in [-0.2, 0) is 22.4 Å². The third-order valence-corrected chi connectivity index (χ3v) is 3.17. The summed E-state index contributed by atoms with van der Waals surface area (Å²) in [4.78, 5) is 11.2. The Morgan fingerprint density at radius 2 is 2.41 bits per heavy atom. The fraction of sp³-hybridized carbons (Fsp3) is 0.417. The molecule has 0 amide bonds. The average molecular weight is 301 g/mol. The van der Waals surface area contributed by atoms with Crippen molar-refractivity contribution in [3.63, 3.8) is 0 Å². The molecule has 1 heterocycles. The SMILES string of the molecule is COC(=O)C(O)Cc1cc(Br)cc2c1OCC2. The molecule has 0 spiro atoms. The first-order chi connectivity index (χ1) is 8.11. The zero-order valence-corrected chi connectivity index (χ0v) is 11.0. The molecule has 1 atom stereocenters. The smallest absolute Gasteiger partial charge is 0.335 e. The predicted molar refractivity (Wildman–Crippen MR) is 65.1 cm³/mol. The van der Waals surface area contributed by atoms with Gasteiger partial charge in [0.2, 0.25) is 0 Å². The molecule has 92 valence electrons. The molecule has 0 aromatic heterocycles. The van der Waals surface area contributed by atoms with Gasteiger partial charge in [0.25, 0.3) is 0 Å². The van der Waals surface area contributed by atoms with E-state index in [1.807, 2.05) is 12.1 Å². The van der Waals surface area contributed by atoms with Gasteiger partial charge in [-0.2, -0.15) is 0 Å². The number of hydrogen-bond donors (Lipinski definition) is 1. The first kappa shape index (κ1) is 12.4. The van der Waals surface area contributed by atoms with Crippen molar-refractivity contribution in [1.29, 1.82) is 0 Å². The quantitative estimate of drug-likeness (QED) is 0.859. The van der Waals surface area contributed by atoms with E-state index in [0.717, 1.165) is 27.8 Å². The minimum Gasteiger partial charge on any atom is -0.493 e. The van der Waals surface area contributed by atoms with Crippen molar-refractivity contribution >= 4 is 21.9 Å². The molecule has 17 heavy (non-hydrogen) atoms. The van der Waals surface area contributed by atoms with Crippen LogP contribution in [0.4, 0.5) is 0 Å². The van der Waals surface area contributed by atoms with E-state index in [4.69, 9.17) is 4.74 Å². The maximum absolute atomic E-state index is 11.2. The maximum Gasteiger partial charge on any atom is 0.335 e. The second-order valence-electron chi connectivity index (χ2n) is 3.89. The van der Waals surface area contributed by atoms with Crippen LogP contribution in [0.1, 0.15) is 11.1 Å². The minimum absolute atomic E-state index is 0.203. The van der Waals surface area contributed by atoms with Gasteiger partial charge in [-0.05, 0) is 23.3 Å². The zero-order valence-electron chi connectivity index (χ0n) is 9.40. The van der Waals surface area contributed by atoms with Crippen molar-refractivity contribution in [2.45, 2.75) is 18.9 Å². The largest absolute Gasteiger partial charge is 0.493 e. The summed E-state index contributed by atoms with van der Waals surface area (Å²) in [5.41, 5.74) is 1.93. The Hall–Kier alpha value is -1.07. The van der Waals surface area contributed by atoms with Crippen molar-refractivity contribution in [2.75, 3.05) is 13.7 Å². The fourth-order valence-electron chi connectivity index (χ4n) is 1.93. The number of aliphatic hydroxyl groups excluding tert-OH is 1. The third-order valence-electron chi connectivity index (χ3n) is 2.71. The molecular formula is C12H13BrO4. The van der Waals surface area contributed by atoms with Crippen LogP contribution in [0.25, 0.3) is 0 Å². The molecule has 4 nitrogen and oxygen atoms in total. The maximum atomic E-state index is 11.2. The van der Waals surface area contributed by atoms with E-state index in [1.54, 1.807) is 0 Å². The van der Waals surface area contributed by atoms with E-state index in [0.29, 0.717) is 6.61 Å². The minimum atomic E-state index is -1.15. The normalized spacial score (nSPS) is 15.0. The average Bonchev–Trinajstić information content (AvgIpc) is 2.75. The molecule has 1 N–H and O–H groups in total. The molecule has 1 aliphatic rings. The molecule has 0 saturated carbocycles. The molecule has 2 rings (SSSR count). The van der Waals surface area contributed by atoms with Crippen LogP contribution in [0.5, 0.6) is 5.75 Å². The molecule has 5 heteroatoms. The third kappa shape index (κ3) is 2.61. The molecule has 0 radical (unpaired) electrons. The Balaban J connectivity index is 2.24. The first-order valence-electron chi connectivity index (χ1n) is 5.32. The highest BCUT2D eigenvalue weighted by molar-refractivity contribution is 9.10. The van der Waals surface area contributed by atoms with E-state index in [9.17, 15) is 9.90 Å². The molecule has 1 aliphatic heterocycles. The highest BCUT2D eigenvalue weighted by Gasteiger charge is 2.22. The standard InChI is InChI=1S/C12H13BrO4/c1-16-12(15)10(14)6-8-5-9(13)4-7-2-3-17-11(7)8/h4-5,10,14H,2-3,6H2,1H3. The molecular weight excluding hydrogens is 288 g/mol. The summed E-state index contributed by atoms with van der Waals surface area (Å²) >= 11 is 3.41. The summed E-state index contributed by atoms with van der Waals surface area (Å²) in [6.45, 7) is 0.646. The molecule has 1 aromatic rings. The Labute approximate surface area is 108 Å². The van der Waals surface area contributed by atoms with Crippen molar-refractivity contribution in [3.8, 4) is 5.75 Å². The molecule has 0 saturated heterocycles. The van der Waals surface area contributed by atoms with Gasteiger partial charge in [-0.1, -0.05) is 15.9 Å². The van der Waals surface area contributed by atoms with E-state index in [-0.39, 0.29) is 6.42 Å². The summed E-state index contributed by atoms with van der Waals surface area (Å²) in [5.74, 6) is 0.160.